The van der Waals surface area contributed by atoms with Gasteiger partial charge in [-0.25, -0.2) is 0 Å². The number of ether oxygens (including phenoxy) is 2. The number of amides is 1. The number of allylic oxidation sites excluding steroid dienone is 2. The van der Waals surface area contributed by atoms with Crippen molar-refractivity contribution in [3.8, 4) is 0 Å². The summed E-state index contributed by atoms with van der Waals surface area (Å²) in [5.74, 6) is 0.310. The van der Waals surface area contributed by atoms with E-state index >= 15 is 0 Å². The van der Waals surface area contributed by atoms with Gasteiger partial charge in [-0.2, -0.15) is 0 Å². The van der Waals surface area contributed by atoms with Crippen molar-refractivity contribution in [2.75, 3.05) is 39.9 Å². The van der Waals surface area contributed by atoms with Gasteiger partial charge in [-0.05, 0) is 43.2 Å². The van der Waals surface area contributed by atoms with Gasteiger partial charge in [0.15, 0.2) is 6.61 Å². The molecule has 1 amide bonds. The molecule has 0 aromatic heterocycles. The van der Waals surface area contributed by atoms with E-state index in [4.69, 9.17) is 21.1 Å². The Morgan fingerprint density at radius 2 is 1.83 bits per heavy atom. The van der Waals surface area contributed by atoms with E-state index in [0.29, 0.717) is 25.3 Å². The van der Waals surface area contributed by atoms with Crippen molar-refractivity contribution in [3.63, 3.8) is 0 Å². The molecule has 2 aliphatic rings. The van der Waals surface area contributed by atoms with E-state index in [1.54, 1.807) is 12.2 Å². The standard InChI is InChI=1S/C22H27ClN2O4/c1-22(21(27)28-2)9-7-19(8-10-22)29-16-20(26)25-13-11-24(12-14-25)15-17-3-5-18(23)6-4-17/h3-9H,10-16H2,1-2H3. The molecular weight excluding hydrogens is 392 g/mol. The number of rotatable bonds is 6. The number of nitrogens with zero attached hydrogens (tertiary/aromatic N) is 2. The van der Waals surface area contributed by atoms with E-state index in [1.165, 1.54) is 12.7 Å². The zero-order chi connectivity index (χ0) is 20.9. The molecule has 0 N–H and O–H groups in total. The van der Waals surface area contributed by atoms with E-state index in [0.717, 1.165) is 24.7 Å². The molecule has 1 saturated heterocycles. The third-order valence-corrected chi connectivity index (χ3v) is 5.65. The van der Waals surface area contributed by atoms with Crippen molar-refractivity contribution in [1.29, 1.82) is 0 Å². The number of methoxy groups -OCH3 is 1. The van der Waals surface area contributed by atoms with Gasteiger partial charge < -0.3 is 14.4 Å². The van der Waals surface area contributed by atoms with Crippen molar-refractivity contribution in [2.24, 2.45) is 5.41 Å². The first-order chi connectivity index (χ1) is 13.9. The normalized spacial score (nSPS) is 22.2. The van der Waals surface area contributed by atoms with Gasteiger partial charge in [0, 0.05) is 37.7 Å². The van der Waals surface area contributed by atoms with Crippen molar-refractivity contribution >= 4 is 23.5 Å². The van der Waals surface area contributed by atoms with Crippen LogP contribution in [0.3, 0.4) is 0 Å². The molecule has 156 valence electrons. The first kappa shape index (κ1) is 21.4. The molecule has 3 rings (SSSR count). The lowest BCUT2D eigenvalue weighted by Crippen LogP contribution is -2.49. The number of esters is 1. The Morgan fingerprint density at radius 1 is 1.14 bits per heavy atom. The quantitative estimate of drug-likeness (QED) is 0.664. The average Bonchev–Trinajstić information content (AvgIpc) is 2.74. The van der Waals surface area contributed by atoms with Crippen molar-refractivity contribution in [3.05, 3.63) is 58.8 Å². The number of benzene rings is 1. The van der Waals surface area contributed by atoms with Gasteiger partial charge in [0.05, 0.1) is 12.5 Å². The topological polar surface area (TPSA) is 59.1 Å². The molecule has 7 heteroatoms. The predicted octanol–water partition coefficient (Wildman–Crippen LogP) is 3.02. The highest BCUT2D eigenvalue weighted by Crippen LogP contribution is 2.30. The lowest BCUT2D eigenvalue weighted by atomic mass is 9.83. The summed E-state index contributed by atoms with van der Waals surface area (Å²) >= 11 is 5.93. The number of carbonyl (C=O) groups is 2. The second kappa shape index (κ2) is 9.46. The summed E-state index contributed by atoms with van der Waals surface area (Å²) in [5, 5.41) is 0.738. The smallest absolute Gasteiger partial charge is 0.315 e. The fourth-order valence-electron chi connectivity index (χ4n) is 3.45. The molecule has 1 aromatic rings. The van der Waals surface area contributed by atoms with Crippen LogP contribution in [0.1, 0.15) is 18.9 Å². The molecule has 1 unspecified atom stereocenters. The summed E-state index contributed by atoms with van der Waals surface area (Å²) in [5.41, 5.74) is 0.541. The van der Waals surface area contributed by atoms with Gasteiger partial charge in [-0.1, -0.05) is 29.8 Å². The van der Waals surface area contributed by atoms with Crippen molar-refractivity contribution in [2.45, 2.75) is 19.9 Å². The number of hydrogen-bond donors (Lipinski definition) is 0. The summed E-state index contributed by atoms with van der Waals surface area (Å²) in [7, 11) is 1.38. The molecule has 6 nitrogen and oxygen atoms in total. The second-order valence-corrected chi connectivity index (χ2v) is 8.06. The lowest BCUT2D eigenvalue weighted by molar-refractivity contribution is -0.149. The van der Waals surface area contributed by atoms with Gasteiger partial charge in [-0.3, -0.25) is 14.5 Å². The molecule has 1 atom stereocenters. The number of halogens is 1. The minimum Gasteiger partial charge on any atom is -0.484 e. The fraction of sp³-hybridized carbons (Fsp3) is 0.455. The van der Waals surface area contributed by atoms with Gasteiger partial charge in [-0.15, -0.1) is 0 Å². The van der Waals surface area contributed by atoms with E-state index < -0.39 is 5.41 Å². The maximum absolute atomic E-state index is 12.5. The van der Waals surface area contributed by atoms with Crippen LogP contribution in [0.4, 0.5) is 0 Å². The van der Waals surface area contributed by atoms with Crippen LogP contribution in [0.2, 0.25) is 5.02 Å². The van der Waals surface area contributed by atoms with E-state index in [1.807, 2.05) is 42.2 Å². The van der Waals surface area contributed by atoms with E-state index in [-0.39, 0.29) is 18.5 Å². The SMILES string of the molecule is COC(=O)C1(C)C=CC(OCC(=O)N2CCN(Cc3ccc(Cl)cc3)CC2)=CC1. The predicted molar refractivity (Wildman–Crippen MR) is 111 cm³/mol. The molecule has 0 spiro atoms. The molecule has 1 heterocycles. The maximum Gasteiger partial charge on any atom is 0.315 e. The van der Waals surface area contributed by atoms with Crippen molar-refractivity contribution in [1.82, 2.24) is 9.80 Å². The highest BCUT2D eigenvalue weighted by molar-refractivity contribution is 6.30. The summed E-state index contributed by atoms with van der Waals surface area (Å²) < 4.78 is 10.5. The number of carbonyl (C=O) groups excluding carboxylic acids is 2. The highest BCUT2D eigenvalue weighted by atomic mass is 35.5. The molecular formula is C22H27ClN2O4. The van der Waals surface area contributed by atoms with Crippen LogP contribution < -0.4 is 0 Å². The van der Waals surface area contributed by atoms with Crippen LogP contribution in [-0.4, -0.2) is 61.6 Å². The van der Waals surface area contributed by atoms with Crippen LogP contribution in [0.25, 0.3) is 0 Å². The van der Waals surface area contributed by atoms with Gasteiger partial charge in [0.25, 0.3) is 5.91 Å². The molecule has 0 radical (unpaired) electrons. The minimum absolute atomic E-state index is 0.00228. The maximum atomic E-state index is 12.5. The zero-order valence-electron chi connectivity index (χ0n) is 16.9. The monoisotopic (exact) mass is 418 g/mol. The van der Waals surface area contributed by atoms with Crippen LogP contribution in [0.5, 0.6) is 0 Å². The van der Waals surface area contributed by atoms with Gasteiger partial charge in [0.2, 0.25) is 0 Å². The molecule has 29 heavy (non-hydrogen) atoms. The van der Waals surface area contributed by atoms with Gasteiger partial charge in [0.1, 0.15) is 5.76 Å². The van der Waals surface area contributed by atoms with Crippen LogP contribution in [-0.2, 0) is 25.6 Å². The first-order valence-corrected chi connectivity index (χ1v) is 10.1. The fourth-order valence-corrected chi connectivity index (χ4v) is 3.57. The molecule has 0 saturated carbocycles. The average molecular weight is 419 g/mol. The summed E-state index contributed by atoms with van der Waals surface area (Å²) in [6.45, 7) is 5.70. The minimum atomic E-state index is -0.675. The molecule has 1 aliphatic carbocycles. The molecule has 1 fully saturated rings. The summed E-state index contributed by atoms with van der Waals surface area (Å²) in [6.07, 6.45) is 5.82. The first-order valence-electron chi connectivity index (χ1n) is 9.75. The van der Waals surface area contributed by atoms with Crippen LogP contribution in [0, 0.1) is 5.41 Å². The Kier molecular flexibility index (Phi) is 6.98. The van der Waals surface area contributed by atoms with Crippen LogP contribution in [0.15, 0.2) is 48.3 Å². The van der Waals surface area contributed by atoms with E-state index in [9.17, 15) is 9.59 Å². The molecule has 1 aromatic carbocycles. The summed E-state index contributed by atoms with van der Waals surface area (Å²) in [4.78, 5) is 28.4. The molecule has 0 bridgehead atoms. The Balaban J connectivity index is 1.41. The zero-order valence-corrected chi connectivity index (χ0v) is 17.7. The third-order valence-electron chi connectivity index (χ3n) is 5.40. The third kappa shape index (κ3) is 5.61. The number of hydrogen-bond acceptors (Lipinski definition) is 5. The molecule has 1 aliphatic heterocycles. The lowest BCUT2D eigenvalue weighted by Gasteiger charge is -2.34. The second-order valence-electron chi connectivity index (χ2n) is 7.63. The highest BCUT2D eigenvalue weighted by Gasteiger charge is 2.32. The largest absolute Gasteiger partial charge is 0.484 e. The van der Waals surface area contributed by atoms with Crippen molar-refractivity contribution < 1.29 is 19.1 Å². The van der Waals surface area contributed by atoms with E-state index in [2.05, 4.69) is 4.90 Å². The Labute approximate surface area is 176 Å². The van der Waals surface area contributed by atoms with Crippen LogP contribution >= 0.6 is 11.6 Å². The Bertz CT molecular complexity index is 798. The Morgan fingerprint density at radius 3 is 2.41 bits per heavy atom. The van der Waals surface area contributed by atoms with Gasteiger partial charge >= 0.3 is 5.97 Å². The Hall–Kier alpha value is -2.31. The number of piperazine rings is 1. The summed E-state index contributed by atoms with van der Waals surface area (Å²) in [6, 6.07) is 7.86.